The Balaban J connectivity index is 1.99. The Bertz CT molecular complexity index is 650. The second kappa shape index (κ2) is 4.73. The molecule has 3 rings (SSSR count). The van der Waals surface area contributed by atoms with Gasteiger partial charge in [-0.2, -0.15) is 0 Å². The summed E-state index contributed by atoms with van der Waals surface area (Å²) in [6.07, 6.45) is 3.91. The fraction of sp³-hybridized carbons (Fsp3) is 0.538. The average molecular weight is 296 g/mol. The predicted octanol–water partition coefficient (Wildman–Crippen LogP) is 2.23. The third-order valence-corrected chi connectivity index (χ3v) is 6.47. The van der Waals surface area contributed by atoms with Gasteiger partial charge in [-0.05, 0) is 24.8 Å². The second-order valence-corrected chi connectivity index (χ2v) is 7.48. The average Bonchev–Trinajstić information content (AvgIpc) is 3.07. The highest BCUT2D eigenvalue weighted by Crippen LogP contribution is 2.37. The molecule has 0 unspecified atom stereocenters. The molecule has 0 amide bonds. The number of sulfonamides is 1. The van der Waals surface area contributed by atoms with E-state index in [1.807, 2.05) is 0 Å². The van der Waals surface area contributed by atoms with E-state index in [1.54, 1.807) is 6.07 Å². The lowest BCUT2D eigenvalue weighted by molar-refractivity contribution is -0.384. The van der Waals surface area contributed by atoms with Gasteiger partial charge in [-0.15, -0.1) is 0 Å². The molecule has 6 nitrogen and oxygen atoms in total. The van der Waals surface area contributed by atoms with Crippen LogP contribution in [0.2, 0.25) is 0 Å². The van der Waals surface area contributed by atoms with Crippen molar-refractivity contribution in [1.82, 2.24) is 0 Å². The van der Waals surface area contributed by atoms with Crippen LogP contribution in [-0.4, -0.2) is 25.1 Å². The standard InChI is InChI=1S/C13H16N2O4S/c16-15(17)11-6-5-10-7-8-14(13(10)9-11)20(18,19)12-3-1-2-4-12/h5-6,9,12H,1-4,7-8H2. The van der Waals surface area contributed by atoms with Gasteiger partial charge in [0.2, 0.25) is 10.0 Å². The minimum absolute atomic E-state index is 0.0581. The van der Waals surface area contributed by atoms with Crippen LogP contribution in [0.4, 0.5) is 11.4 Å². The summed E-state index contributed by atoms with van der Waals surface area (Å²) >= 11 is 0. The smallest absolute Gasteiger partial charge is 0.269 e. The van der Waals surface area contributed by atoms with E-state index in [1.165, 1.54) is 16.4 Å². The summed E-state index contributed by atoms with van der Waals surface area (Å²) in [5.74, 6) is 0. The van der Waals surface area contributed by atoms with Crippen LogP contribution in [-0.2, 0) is 16.4 Å². The van der Waals surface area contributed by atoms with Crippen molar-refractivity contribution in [3.63, 3.8) is 0 Å². The first kappa shape index (κ1) is 13.4. The molecule has 0 spiro atoms. The second-order valence-electron chi connectivity index (χ2n) is 5.34. The number of fused-ring (bicyclic) bond motifs is 1. The van der Waals surface area contributed by atoms with Gasteiger partial charge in [0.15, 0.2) is 0 Å². The summed E-state index contributed by atoms with van der Waals surface area (Å²) < 4.78 is 26.7. The van der Waals surface area contributed by atoms with Crippen molar-refractivity contribution in [2.75, 3.05) is 10.8 Å². The maximum absolute atomic E-state index is 12.6. The van der Waals surface area contributed by atoms with Crippen LogP contribution < -0.4 is 4.31 Å². The zero-order valence-electron chi connectivity index (χ0n) is 11.0. The van der Waals surface area contributed by atoms with E-state index in [0.717, 1.165) is 18.4 Å². The molecule has 1 fully saturated rings. The first-order valence-corrected chi connectivity index (χ1v) is 8.29. The van der Waals surface area contributed by atoms with E-state index in [0.29, 0.717) is 31.5 Å². The molecule has 0 radical (unpaired) electrons. The number of nitrogens with zero attached hydrogens (tertiary/aromatic N) is 2. The zero-order valence-corrected chi connectivity index (χ0v) is 11.8. The Labute approximate surface area is 117 Å². The van der Waals surface area contributed by atoms with Crippen LogP contribution in [0.1, 0.15) is 31.2 Å². The van der Waals surface area contributed by atoms with Gasteiger partial charge in [-0.3, -0.25) is 14.4 Å². The third kappa shape index (κ3) is 2.06. The van der Waals surface area contributed by atoms with Gasteiger partial charge in [0.1, 0.15) is 0 Å². The van der Waals surface area contributed by atoms with Crippen molar-refractivity contribution in [1.29, 1.82) is 0 Å². The van der Waals surface area contributed by atoms with Crippen LogP contribution in [0.15, 0.2) is 18.2 Å². The Morgan fingerprint density at radius 3 is 2.60 bits per heavy atom. The van der Waals surface area contributed by atoms with Crippen LogP contribution in [0.25, 0.3) is 0 Å². The SMILES string of the molecule is O=[N+]([O-])c1ccc2c(c1)N(S(=O)(=O)C1CCCC1)CC2. The first-order valence-electron chi connectivity index (χ1n) is 6.79. The van der Waals surface area contributed by atoms with E-state index in [9.17, 15) is 18.5 Å². The Morgan fingerprint density at radius 1 is 1.25 bits per heavy atom. The van der Waals surface area contributed by atoms with Gasteiger partial charge < -0.3 is 0 Å². The first-order chi connectivity index (χ1) is 9.50. The van der Waals surface area contributed by atoms with Gasteiger partial charge >= 0.3 is 0 Å². The van der Waals surface area contributed by atoms with E-state index in [2.05, 4.69) is 0 Å². The molecule has 1 saturated carbocycles. The topological polar surface area (TPSA) is 80.5 Å². The van der Waals surface area contributed by atoms with Gasteiger partial charge in [-0.1, -0.05) is 18.9 Å². The fourth-order valence-electron chi connectivity index (χ4n) is 3.08. The van der Waals surface area contributed by atoms with Crippen LogP contribution in [0.5, 0.6) is 0 Å². The molecule has 0 atom stereocenters. The molecule has 1 aliphatic heterocycles. The molecule has 0 bridgehead atoms. The molecule has 1 aromatic carbocycles. The van der Waals surface area contributed by atoms with Crippen molar-refractivity contribution in [3.8, 4) is 0 Å². The molecule has 7 heteroatoms. The molecular weight excluding hydrogens is 280 g/mol. The fourth-order valence-corrected chi connectivity index (χ4v) is 5.16. The molecule has 108 valence electrons. The van der Waals surface area contributed by atoms with Crippen LogP contribution in [0.3, 0.4) is 0 Å². The van der Waals surface area contributed by atoms with Crippen molar-refractivity contribution in [2.24, 2.45) is 0 Å². The van der Waals surface area contributed by atoms with E-state index >= 15 is 0 Å². The van der Waals surface area contributed by atoms with Crippen molar-refractivity contribution < 1.29 is 13.3 Å². The lowest BCUT2D eigenvalue weighted by Crippen LogP contribution is -2.36. The number of rotatable bonds is 3. The highest BCUT2D eigenvalue weighted by atomic mass is 32.2. The van der Waals surface area contributed by atoms with E-state index in [4.69, 9.17) is 0 Å². The summed E-state index contributed by atoms with van der Waals surface area (Å²) in [6.45, 7) is 0.398. The molecule has 2 aliphatic rings. The highest BCUT2D eigenvalue weighted by Gasteiger charge is 2.37. The van der Waals surface area contributed by atoms with Gasteiger partial charge in [-0.25, -0.2) is 8.42 Å². The number of hydrogen-bond donors (Lipinski definition) is 0. The number of benzene rings is 1. The molecular formula is C13H16N2O4S. The van der Waals surface area contributed by atoms with Crippen LogP contribution in [0, 0.1) is 10.1 Å². The largest absolute Gasteiger partial charge is 0.271 e. The van der Waals surface area contributed by atoms with Crippen molar-refractivity contribution in [2.45, 2.75) is 37.4 Å². The maximum Gasteiger partial charge on any atom is 0.271 e. The highest BCUT2D eigenvalue weighted by molar-refractivity contribution is 7.93. The number of anilines is 1. The van der Waals surface area contributed by atoms with Crippen molar-refractivity contribution >= 4 is 21.4 Å². The monoisotopic (exact) mass is 296 g/mol. The van der Waals surface area contributed by atoms with Crippen LogP contribution >= 0.6 is 0 Å². The summed E-state index contributed by atoms with van der Waals surface area (Å²) in [4.78, 5) is 10.4. The van der Waals surface area contributed by atoms with Gasteiger partial charge in [0.25, 0.3) is 5.69 Å². The van der Waals surface area contributed by atoms with Gasteiger partial charge in [0, 0.05) is 18.7 Å². The van der Waals surface area contributed by atoms with E-state index in [-0.39, 0.29) is 10.9 Å². The normalized spacial score (nSPS) is 19.3. The van der Waals surface area contributed by atoms with Crippen molar-refractivity contribution in [3.05, 3.63) is 33.9 Å². The Hall–Kier alpha value is -1.63. The lowest BCUT2D eigenvalue weighted by Gasteiger charge is -2.23. The summed E-state index contributed by atoms with van der Waals surface area (Å²) in [5.41, 5.74) is 1.31. The quantitative estimate of drug-likeness (QED) is 0.632. The summed E-state index contributed by atoms with van der Waals surface area (Å²) in [5, 5.41) is 10.5. The molecule has 0 N–H and O–H groups in total. The number of hydrogen-bond acceptors (Lipinski definition) is 4. The molecule has 0 saturated heterocycles. The number of non-ortho nitro benzene ring substituents is 1. The Kier molecular flexibility index (Phi) is 3.16. The molecule has 1 aromatic rings. The third-order valence-electron chi connectivity index (χ3n) is 4.16. The zero-order chi connectivity index (χ0) is 14.3. The minimum atomic E-state index is -3.38. The maximum atomic E-state index is 12.6. The Morgan fingerprint density at radius 2 is 1.95 bits per heavy atom. The molecule has 1 heterocycles. The van der Waals surface area contributed by atoms with E-state index < -0.39 is 14.9 Å². The predicted molar refractivity (Wildman–Crippen MR) is 75.3 cm³/mol. The summed E-state index contributed by atoms with van der Waals surface area (Å²) in [6, 6.07) is 4.48. The van der Waals surface area contributed by atoms with Gasteiger partial charge in [0.05, 0.1) is 15.9 Å². The lowest BCUT2D eigenvalue weighted by atomic mass is 10.1. The molecule has 1 aliphatic carbocycles. The summed E-state index contributed by atoms with van der Waals surface area (Å²) in [7, 11) is -3.38. The molecule has 20 heavy (non-hydrogen) atoms. The number of nitro benzene ring substituents is 1. The minimum Gasteiger partial charge on any atom is -0.269 e. The molecule has 0 aromatic heterocycles. The number of nitro groups is 1.